The Kier molecular flexibility index (Phi) is 5.04. The van der Waals surface area contributed by atoms with Crippen molar-refractivity contribution >= 4 is 23.2 Å². The van der Waals surface area contributed by atoms with Gasteiger partial charge in [0.15, 0.2) is 11.6 Å². The third kappa shape index (κ3) is 3.60. The molecule has 2 aromatic carbocycles. The van der Waals surface area contributed by atoms with Crippen molar-refractivity contribution in [1.29, 1.82) is 0 Å². The number of nitrogens with zero attached hydrogens (tertiary/aromatic N) is 2. The molecule has 1 N–H and O–H groups in total. The van der Waals surface area contributed by atoms with Crippen molar-refractivity contribution in [3.05, 3.63) is 76.6 Å². The molecule has 0 aliphatic carbocycles. The molecule has 0 atom stereocenters. The number of carbonyl (C=O) groups is 1. The Morgan fingerprint density at radius 1 is 1.15 bits per heavy atom. The normalized spacial score (nSPS) is 11.0. The van der Waals surface area contributed by atoms with Crippen LogP contribution >= 0.6 is 11.6 Å². The summed E-state index contributed by atoms with van der Waals surface area (Å²) in [5, 5.41) is 7.43. The van der Waals surface area contributed by atoms with Crippen LogP contribution in [0.4, 0.5) is 14.5 Å². The van der Waals surface area contributed by atoms with Crippen LogP contribution in [0.1, 0.15) is 35.8 Å². The minimum absolute atomic E-state index is 0.0119. The number of hydrogen-bond donors (Lipinski definition) is 1. The van der Waals surface area contributed by atoms with E-state index < -0.39 is 17.5 Å². The van der Waals surface area contributed by atoms with E-state index in [9.17, 15) is 13.6 Å². The monoisotopic (exact) mass is 375 g/mol. The van der Waals surface area contributed by atoms with Gasteiger partial charge in [-0.05, 0) is 36.2 Å². The fourth-order valence-electron chi connectivity index (χ4n) is 2.67. The molecule has 1 aromatic heterocycles. The highest BCUT2D eigenvalue weighted by molar-refractivity contribution is 6.30. The maximum Gasteiger partial charge on any atom is 0.259 e. The Hall–Kier alpha value is -2.73. The van der Waals surface area contributed by atoms with Crippen molar-refractivity contribution in [2.75, 3.05) is 5.32 Å². The van der Waals surface area contributed by atoms with Gasteiger partial charge >= 0.3 is 0 Å². The molecule has 26 heavy (non-hydrogen) atoms. The van der Waals surface area contributed by atoms with E-state index in [1.807, 2.05) is 19.9 Å². The fourth-order valence-corrected chi connectivity index (χ4v) is 2.86. The smallest absolute Gasteiger partial charge is 0.259 e. The van der Waals surface area contributed by atoms with Gasteiger partial charge in [-0.15, -0.1) is 0 Å². The third-order valence-corrected chi connectivity index (χ3v) is 4.06. The summed E-state index contributed by atoms with van der Waals surface area (Å²) in [4.78, 5) is 12.6. The Labute approximate surface area is 154 Å². The van der Waals surface area contributed by atoms with Crippen molar-refractivity contribution in [1.82, 2.24) is 9.78 Å². The lowest BCUT2D eigenvalue weighted by molar-refractivity contribution is 0.102. The second kappa shape index (κ2) is 7.25. The predicted molar refractivity (Wildman–Crippen MR) is 97.0 cm³/mol. The van der Waals surface area contributed by atoms with Gasteiger partial charge in [-0.3, -0.25) is 4.79 Å². The van der Waals surface area contributed by atoms with Gasteiger partial charge in [0.1, 0.15) is 0 Å². The quantitative estimate of drug-likeness (QED) is 0.683. The molecular weight excluding hydrogens is 360 g/mol. The van der Waals surface area contributed by atoms with Crippen molar-refractivity contribution in [2.24, 2.45) is 0 Å². The number of benzene rings is 2. The van der Waals surface area contributed by atoms with Crippen LogP contribution in [0.2, 0.25) is 5.02 Å². The van der Waals surface area contributed by atoms with E-state index in [1.165, 1.54) is 12.3 Å². The van der Waals surface area contributed by atoms with Gasteiger partial charge < -0.3 is 5.32 Å². The van der Waals surface area contributed by atoms with Gasteiger partial charge in [0.05, 0.1) is 23.1 Å². The molecule has 3 aromatic rings. The van der Waals surface area contributed by atoms with Gasteiger partial charge in [0.25, 0.3) is 5.91 Å². The Morgan fingerprint density at radius 2 is 1.92 bits per heavy atom. The van der Waals surface area contributed by atoms with E-state index in [2.05, 4.69) is 10.4 Å². The Bertz CT molecular complexity index is 969. The zero-order valence-electron chi connectivity index (χ0n) is 14.1. The standard InChI is InChI=1S/C19H16ClF2N3O/c1-11(2)18-15(10-23-25(18)14-5-3-4-12(20)8-14)19(26)24-13-6-7-16(21)17(22)9-13/h3-11H,1-2H3,(H,24,26). The van der Waals surface area contributed by atoms with Crippen LogP contribution in [-0.4, -0.2) is 15.7 Å². The number of aromatic nitrogens is 2. The second-order valence-corrected chi connectivity index (χ2v) is 6.51. The summed E-state index contributed by atoms with van der Waals surface area (Å²) in [5.74, 6) is -2.46. The minimum Gasteiger partial charge on any atom is -0.322 e. The van der Waals surface area contributed by atoms with Crippen LogP contribution < -0.4 is 5.32 Å². The number of rotatable bonds is 4. The fraction of sp³-hybridized carbons (Fsp3) is 0.158. The highest BCUT2D eigenvalue weighted by Crippen LogP contribution is 2.25. The first-order valence-corrected chi connectivity index (χ1v) is 8.35. The van der Waals surface area contributed by atoms with Crippen LogP contribution in [0, 0.1) is 11.6 Å². The number of anilines is 1. The van der Waals surface area contributed by atoms with Gasteiger partial charge in [-0.2, -0.15) is 5.10 Å². The van der Waals surface area contributed by atoms with Gasteiger partial charge in [0, 0.05) is 16.8 Å². The van der Waals surface area contributed by atoms with E-state index in [1.54, 1.807) is 22.9 Å². The molecule has 0 saturated carbocycles. The molecule has 0 radical (unpaired) electrons. The summed E-state index contributed by atoms with van der Waals surface area (Å²) in [5.41, 5.74) is 1.93. The molecule has 3 rings (SSSR count). The maximum atomic E-state index is 13.3. The number of nitrogens with one attached hydrogen (secondary N) is 1. The van der Waals surface area contributed by atoms with Crippen LogP contribution in [0.25, 0.3) is 5.69 Å². The summed E-state index contributed by atoms with van der Waals surface area (Å²) < 4.78 is 28.0. The number of carbonyl (C=O) groups excluding carboxylic acids is 1. The number of amides is 1. The van der Waals surface area contributed by atoms with Crippen molar-refractivity contribution in [3.8, 4) is 5.69 Å². The second-order valence-electron chi connectivity index (χ2n) is 6.07. The van der Waals surface area contributed by atoms with E-state index in [0.29, 0.717) is 16.3 Å². The van der Waals surface area contributed by atoms with Crippen molar-refractivity contribution in [2.45, 2.75) is 19.8 Å². The van der Waals surface area contributed by atoms with E-state index in [4.69, 9.17) is 11.6 Å². The molecule has 0 saturated heterocycles. The first kappa shape index (κ1) is 18.1. The first-order valence-electron chi connectivity index (χ1n) is 7.97. The van der Waals surface area contributed by atoms with E-state index in [-0.39, 0.29) is 11.6 Å². The molecular formula is C19H16ClF2N3O. The molecule has 1 heterocycles. The molecule has 7 heteroatoms. The molecule has 0 unspecified atom stereocenters. The highest BCUT2D eigenvalue weighted by atomic mass is 35.5. The van der Waals surface area contributed by atoms with Crippen molar-refractivity contribution in [3.63, 3.8) is 0 Å². The zero-order chi connectivity index (χ0) is 18.8. The molecule has 0 bridgehead atoms. The average molecular weight is 376 g/mol. The van der Waals surface area contributed by atoms with Crippen molar-refractivity contribution < 1.29 is 13.6 Å². The first-order chi connectivity index (χ1) is 12.4. The van der Waals surface area contributed by atoms with Crippen LogP contribution in [-0.2, 0) is 0 Å². The zero-order valence-corrected chi connectivity index (χ0v) is 14.9. The molecule has 0 fully saturated rings. The summed E-state index contributed by atoms with van der Waals surface area (Å²) in [6.07, 6.45) is 1.45. The average Bonchev–Trinajstić information content (AvgIpc) is 3.03. The van der Waals surface area contributed by atoms with Gasteiger partial charge in [0.2, 0.25) is 0 Å². The lowest BCUT2D eigenvalue weighted by Gasteiger charge is -2.13. The van der Waals surface area contributed by atoms with Gasteiger partial charge in [-0.1, -0.05) is 31.5 Å². The number of hydrogen-bond acceptors (Lipinski definition) is 2. The molecule has 4 nitrogen and oxygen atoms in total. The minimum atomic E-state index is -1.03. The van der Waals surface area contributed by atoms with Crippen LogP contribution in [0.5, 0.6) is 0 Å². The lowest BCUT2D eigenvalue weighted by atomic mass is 10.0. The summed E-state index contributed by atoms with van der Waals surface area (Å²) in [6.45, 7) is 3.87. The third-order valence-electron chi connectivity index (χ3n) is 3.83. The largest absolute Gasteiger partial charge is 0.322 e. The summed E-state index contributed by atoms with van der Waals surface area (Å²) in [7, 11) is 0. The van der Waals surface area contributed by atoms with Crippen LogP contribution in [0.15, 0.2) is 48.7 Å². The predicted octanol–water partition coefficient (Wildman–Crippen LogP) is 5.18. The maximum absolute atomic E-state index is 13.3. The molecule has 0 spiro atoms. The topological polar surface area (TPSA) is 46.9 Å². The van der Waals surface area contributed by atoms with Crippen LogP contribution in [0.3, 0.4) is 0 Å². The van der Waals surface area contributed by atoms with E-state index in [0.717, 1.165) is 17.8 Å². The highest BCUT2D eigenvalue weighted by Gasteiger charge is 2.21. The molecule has 0 aliphatic rings. The molecule has 1 amide bonds. The Balaban J connectivity index is 1.97. The summed E-state index contributed by atoms with van der Waals surface area (Å²) in [6, 6.07) is 10.3. The molecule has 0 aliphatic heterocycles. The van der Waals surface area contributed by atoms with E-state index >= 15 is 0 Å². The number of halogens is 3. The lowest BCUT2D eigenvalue weighted by Crippen LogP contribution is -2.15. The summed E-state index contributed by atoms with van der Waals surface area (Å²) >= 11 is 6.04. The van der Waals surface area contributed by atoms with Gasteiger partial charge in [-0.25, -0.2) is 13.5 Å². The SMILES string of the molecule is CC(C)c1c(C(=O)Nc2ccc(F)c(F)c2)cnn1-c1cccc(Cl)c1. The Morgan fingerprint density at radius 3 is 2.58 bits per heavy atom. The molecule has 134 valence electrons.